The molecule has 0 aliphatic carbocycles. The first-order chi connectivity index (χ1) is 17.0. The summed E-state index contributed by atoms with van der Waals surface area (Å²) in [4.78, 5) is 28.0. The van der Waals surface area contributed by atoms with Crippen LogP contribution in [0.5, 0.6) is 0 Å². The van der Waals surface area contributed by atoms with Crippen LogP contribution in [-0.4, -0.2) is 63.5 Å². The summed E-state index contributed by atoms with van der Waals surface area (Å²) in [5.41, 5.74) is 3.54. The predicted molar refractivity (Wildman–Crippen MR) is 130 cm³/mol. The molecule has 178 valence electrons. The number of fused-ring (bicyclic) bond motifs is 12. The van der Waals surface area contributed by atoms with Crippen LogP contribution in [0.1, 0.15) is 11.1 Å². The number of amides is 2. The Morgan fingerprint density at radius 1 is 0.914 bits per heavy atom. The Morgan fingerprint density at radius 3 is 2.06 bits per heavy atom. The zero-order valence-electron chi connectivity index (χ0n) is 19.1. The van der Waals surface area contributed by atoms with Crippen LogP contribution in [0.4, 0.5) is 4.39 Å². The second-order valence-electron chi connectivity index (χ2n) is 8.99. The second kappa shape index (κ2) is 8.18. The van der Waals surface area contributed by atoms with Crippen molar-refractivity contribution in [1.82, 2.24) is 14.0 Å². The molecule has 4 aromatic rings. The number of ether oxygens (including phenoxy) is 1. The number of aromatic nitrogens is 2. The number of aliphatic hydroxyl groups is 1. The average Bonchev–Trinajstić information content (AvgIpc) is 3.48. The van der Waals surface area contributed by atoms with Gasteiger partial charge in [0, 0.05) is 58.9 Å². The molecule has 7 nitrogen and oxygen atoms in total. The summed E-state index contributed by atoms with van der Waals surface area (Å²) in [5, 5.41) is 11.4. The van der Waals surface area contributed by atoms with E-state index in [-0.39, 0.29) is 25.0 Å². The van der Waals surface area contributed by atoms with Gasteiger partial charge in [0.25, 0.3) is 11.8 Å². The van der Waals surface area contributed by atoms with Gasteiger partial charge in [0.15, 0.2) is 0 Å². The maximum Gasteiger partial charge on any atom is 0.261 e. The summed E-state index contributed by atoms with van der Waals surface area (Å²) in [6.45, 7) is 0.0774. The molecule has 0 unspecified atom stereocenters. The van der Waals surface area contributed by atoms with Crippen LogP contribution in [0.3, 0.4) is 0 Å². The molecule has 0 spiro atoms. The number of hydrogen-bond donors (Lipinski definition) is 1. The number of carbonyl (C=O) groups excluding carboxylic acids is 2. The quantitative estimate of drug-likeness (QED) is 0.431. The molecule has 6 rings (SSSR count). The van der Waals surface area contributed by atoms with Crippen molar-refractivity contribution in [2.45, 2.75) is 25.4 Å². The fourth-order valence-corrected chi connectivity index (χ4v) is 5.25. The van der Waals surface area contributed by atoms with E-state index < -0.39 is 18.9 Å². The molecule has 1 N–H and O–H groups in total. The number of benzene rings is 2. The monoisotopic (exact) mass is 473 g/mol. The number of nitrogens with zero attached hydrogens (tertiary/aromatic N) is 3. The molecule has 35 heavy (non-hydrogen) atoms. The molecular formula is C27H24FN3O4. The van der Waals surface area contributed by atoms with E-state index in [1.54, 1.807) is 10.8 Å². The van der Waals surface area contributed by atoms with E-state index in [1.165, 1.54) is 7.05 Å². The fraction of sp³-hybridized carbons (Fsp3) is 0.259. The lowest BCUT2D eigenvalue weighted by atomic mass is 9.95. The van der Waals surface area contributed by atoms with Gasteiger partial charge in [-0.15, -0.1) is 0 Å². The highest BCUT2D eigenvalue weighted by Gasteiger charge is 2.40. The van der Waals surface area contributed by atoms with E-state index in [9.17, 15) is 14.7 Å². The summed E-state index contributed by atoms with van der Waals surface area (Å²) in [6, 6.07) is 15.1. The third kappa shape index (κ3) is 3.25. The molecule has 2 aliphatic heterocycles. The van der Waals surface area contributed by atoms with Crippen molar-refractivity contribution in [2.75, 3.05) is 20.3 Å². The van der Waals surface area contributed by atoms with Crippen LogP contribution < -0.4 is 0 Å². The average molecular weight is 474 g/mol. The zero-order valence-corrected chi connectivity index (χ0v) is 19.1. The van der Waals surface area contributed by atoms with Gasteiger partial charge in [-0.25, -0.2) is 4.39 Å². The molecular weight excluding hydrogens is 449 g/mol. The van der Waals surface area contributed by atoms with Gasteiger partial charge in [-0.05, 0) is 12.1 Å². The first kappa shape index (κ1) is 21.8. The summed E-state index contributed by atoms with van der Waals surface area (Å²) in [6.07, 6.45) is 1.13. The molecule has 0 radical (unpaired) electrons. The molecule has 2 aromatic heterocycles. The molecule has 2 aliphatic rings. The summed E-state index contributed by atoms with van der Waals surface area (Å²) >= 11 is 0. The smallest absolute Gasteiger partial charge is 0.261 e. The molecule has 2 atom stereocenters. The molecule has 0 fully saturated rings. The second-order valence-corrected chi connectivity index (χ2v) is 8.99. The molecule has 2 amide bonds. The lowest BCUT2D eigenvalue weighted by Gasteiger charge is -2.21. The number of aliphatic hydroxyl groups excluding tert-OH is 1. The third-order valence-corrected chi connectivity index (χ3v) is 7.02. The van der Waals surface area contributed by atoms with Crippen LogP contribution in [0.25, 0.3) is 33.0 Å². The molecule has 2 aromatic carbocycles. The van der Waals surface area contributed by atoms with Crippen molar-refractivity contribution in [1.29, 1.82) is 0 Å². The number of alkyl halides is 1. The van der Waals surface area contributed by atoms with Gasteiger partial charge in [-0.3, -0.25) is 14.5 Å². The Morgan fingerprint density at radius 2 is 1.46 bits per heavy atom. The normalized spacial score (nSPS) is 21.2. The summed E-state index contributed by atoms with van der Waals surface area (Å²) < 4.78 is 24.8. The standard InChI is InChI=1S/C27H24FN3O4/c1-29-26(33)24-18-12-30(21-8-4-2-6-16(18)21)10-11-35-23(15-32)20(28)14-31-13-19(25(24)27(29)34)17-7-3-5-9-22(17)31/h2-9,12-13,20,23,32H,10-11,14-15H2,1H3/t20-,23-/m1/s1. The van der Waals surface area contributed by atoms with Gasteiger partial charge in [0.05, 0.1) is 30.9 Å². The third-order valence-electron chi connectivity index (χ3n) is 7.02. The number of carbonyl (C=O) groups is 2. The minimum absolute atomic E-state index is 0.0566. The van der Waals surface area contributed by atoms with Crippen molar-refractivity contribution in [3.8, 4) is 0 Å². The van der Waals surface area contributed by atoms with E-state index in [4.69, 9.17) is 4.74 Å². The van der Waals surface area contributed by atoms with Gasteiger partial charge in [-0.2, -0.15) is 0 Å². The van der Waals surface area contributed by atoms with E-state index >= 15 is 4.39 Å². The molecule has 0 saturated heterocycles. The Balaban J connectivity index is 1.70. The molecule has 0 saturated carbocycles. The van der Waals surface area contributed by atoms with Crippen LogP contribution in [0, 0.1) is 0 Å². The van der Waals surface area contributed by atoms with E-state index in [1.807, 2.05) is 59.3 Å². The van der Waals surface area contributed by atoms with Crippen LogP contribution in [0.15, 0.2) is 60.9 Å². The minimum Gasteiger partial charge on any atom is -0.394 e. The SMILES string of the molecule is CN1C(=O)C2=C(C1=O)c1cn(c3ccccc13)C[C@@H](F)[C@@H](CO)OCCn1cc2c2ccccc21. The maximum atomic E-state index is 15.3. The van der Waals surface area contributed by atoms with Gasteiger partial charge in [0.1, 0.15) is 12.3 Å². The van der Waals surface area contributed by atoms with Crippen molar-refractivity contribution in [2.24, 2.45) is 0 Å². The highest BCUT2D eigenvalue weighted by atomic mass is 19.1. The number of hydrogen-bond acceptors (Lipinski definition) is 4. The van der Waals surface area contributed by atoms with Crippen molar-refractivity contribution < 1.29 is 23.8 Å². The van der Waals surface area contributed by atoms with Gasteiger partial charge in [0.2, 0.25) is 0 Å². The number of likely N-dealkylation sites (N-methyl/N-ethyl adjacent to an activating group) is 1. The van der Waals surface area contributed by atoms with E-state index in [2.05, 4.69) is 0 Å². The topological polar surface area (TPSA) is 76.7 Å². The Kier molecular flexibility index (Phi) is 5.09. The minimum atomic E-state index is -1.47. The van der Waals surface area contributed by atoms with Gasteiger partial charge < -0.3 is 19.0 Å². The molecule has 8 heteroatoms. The van der Waals surface area contributed by atoms with Gasteiger partial charge in [-0.1, -0.05) is 36.4 Å². The Hall–Kier alpha value is -3.75. The summed E-state index contributed by atoms with van der Waals surface area (Å²) in [5.74, 6) is -0.748. The fourth-order valence-electron chi connectivity index (χ4n) is 5.25. The predicted octanol–water partition coefficient (Wildman–Crippen LogP) is 3.23. The lowest BCUT2D eigenvalue weighted by molar-refractivity contribution is -0.134. The van der Waals surface area contributed by atoms with Gasteiger partial charge >= 0.3 is 0 Å². The number of rotatable bonds is 1. The van der Waals surface area contributed by atoms with Crippen molar-refractivity contribution >= 4 is 44.8 Å². The number of halogens is 1. The van der Waals surface area contributed by atoms with Crippen molar-refractivity contribution in [3.05, 3.63) is 72.1 Å². The highest BCUT2D eigenvalue weighted by Crippen LogP contribution is 2.41. The molecule has 4 heterocycles. The van der Waals surface area contributed by atoms with Crippen LogP contribution >= 0.6 is 0 Å². The Labute approximate surface area is 200 Å². The highest BCUT2D eigenvalue weighted by molar-refractivity contribution is 6.50. The molecule has 4 bridgehead atoms. The number of para-hydroxylation sites is 2. The van der Waals surface area contributed by atoms with E-state index in [0.29, 0.717) is 28.8 Å². The Bertz CT molecular complexity index is 1530. The number of imide groups is 1. The van der Waals surface area contributed by atoms with Crippen LogP contribution in [-0.2, 0) is 27.4 Å². The summed E-state index contributed by atoms with van der Waals surface area (Å²) in [7, 11) is 1.49. The first-order valence-electron chi connectivity index (χ1n) is 11.6. The maximum absolute atomic E-state index is 15.3. The van der Waals surface area contributed by atoms with Crippen molar-refractivity contribution in [3.63, 3.8) is 0 Å². The largest absolute Gasteiger partial charge is 0.394 e. The first-order valence-corrected chi connectivity index (χ1v) is 11.6. The lowest BCUT2D eigenvalue weighted by Crippen LogP contribution is -2.33. The zero-order chi connectivity index (χ0) is 24.3. The van der Waals surface area contributed by atoms with E-state index in [0.717, 1.165) is 26.7 Å². The van der Waals surface area contributed by atoms with Crippen LogP contribution in [0.2, 0.25) is 0 Å².